The molecule has 1 amide bonds. The molecule has 0 unspecified atom stereocenters. The number of hydrogen-bond donors (Lipinski definition) is 2. The van der Waals surface area contributed by atoms with Crippen molar-refractivity contribution in [3.8, 4) is 0 Å². The lowest BCUT2D eigenvalue weighted by Crippen LogP contribution is -2.26. The lowest BCUT2D eigenvalue weighted by Gasteiger charge is -2.03. The first-order chi connectivity index (χ1) is 7.65. The van der Waals surface area contributed by atoms with Crippen molar-refractivity contribution in [1.29, 1.82) is 0 Å². The fourth-order valence-electron chi connectivity index (χ4n) is 1.30. The van der Waals surface area contributed by atoms with Crippen LogP contribution in [0.1, 0.15) is 24.1 Å². The summed E-state index contributed by atoms with van der Waals surface area (Å²) in [5.74, 6) is -0.00915. The minimum atomic E-state index is -0.00915. The number of rotatable bonds is 6. The molecule has 0 radical (unpaired) electrons. The number of nitrogens with one attached hydrogen (secondary N) is 1. The van der Waals surface area contributed by atoms with Gasteiger partial charge in [-0.15, -0.1) is 12.4 Å². The van der Waals surface area contributed by atoms with E-state index in [-0.39, 0.29) is 23.5 Å². The third-order valence-electron chi connectivity index (χ3n) is 2.24. The number of halogens is 2. The molecule has 1 rings (SSSR count). The van der Waals surface area contributed by atoms with Crippen LogP contribution in [0.15, 0.2) is 4.52 Å². The first-order valence-corrected chi connectivity index (χ1v) is 5.60. The molecule has 0 atom stereocenters. The lowest BCUT2D eigenvalue weighted by molar-refractivity contribution is -0.121. The minimum absolute atomic E-state index is 0. The van der Waals surface area contributed by atoms with Crippen molar-refractivity contribution in [2.45, 2.75) is 26.2 Å². The molecule has 98 valence electrons. The predicted molar refractivity (Wildman–Crippen MR) is 68.5 cm³/mol. The van der Waals surface area contributed by atoms with E-state index >= 15 is 0 Å². The van der Waals surface area contributed by atoms with Gasteiger partial charge in [-0.1, -0.05) is 5.16 Å². The summed E-state index contributed by atoms with van der Waals surface area (Å²) in [6.07, 6.45) is 1.72. The van der Waals surface area contributed by atoms with Gasteiger partial charge in [0.1, 0.15) is 0 Å². The van der Waals surface area contributed by atoms with Crippen LogP contribution >= 0.6 is 24.0 Å². The average molecular weight is 282 g/mol. The second kappa shape index (κ2) is 8.33. The summed E-state index contributed by atoms with van der Waals surface area (Å²) in [5.41, 5.74) is 6.85. The molecular weight excluding hydrogens is 265 g/mol. The molecule has 1 aromatic rings. The second-order valence-corrected chi connectivity index (χ2v) is 3.86. The number of hydrogen-bond acceptors (Lipinski definition) is 4. The summed E-state index contributed by atoms with van der Waals surface area (Å²) in [4.78, 5) is 11.4. The van der Waals surface area contributed by atoms with E-state index in [4.69, 9.17) is 21.9 Å². The Kier molecular flexibility index (Phi) is 7.95. The van der Waals surface area contributed by atoms with Gasteiger partial charge in [-0.2, -0.15) is 0 Å². The highest BCUT2D eigenvalue weighted by Crippen LogP contribution is 2.20. The maximum Gasteiger partial charge on any atom is 0.229 e. The zero-order chi connectivity index (χ0) is 12.0. The molecule has 5 nitrogen and oxygen atoms in total. The zero-order valence-electron chi connectivity index (χ0n) is 9.66. The van der Waals surface area contributed by atoms with Crippen LogP contribution in [0.2, 0.25) is 5.22 Å². The van der Waals surface area contributed by atoms with E-state index in [1.807, 2.05) is 0 Å². The average Bonchev–Trinajstić information content (AvgIpc) is 2.57. The van der Waals surface area contributed by atoms with Gasteiger partial charge in [-0.25, -0.2) is 0 Å². The van der Waals surface area contributed by atoms with E-state index in [0.717, 1.165) is 17.7 Å². The Morgan fingerprint density at radius 1 is 1.59 bits per heavy atom. The largest absolute Gasteiger partial charge is 0.356 e. The van der Waals surface area contributed by atoms with Gasteiger partial charge in [0.2, 0.25) is 11.1 Å². The standard InChI is InChI=1S/C10H16ClN3O2.ClH/c1-7-8(10(11)16-14-7)3-4-9(15)13-6-2-5-12;/h2-6,12H2,1H3,(H,13,15);1H. The molecule has 0 aliphatic carbocycles. The van der Waals surface area contributed by atoms with E-state index in [1.54, 1.807) is 6.92 Å². The number of nitrogens with two attached hydrogens (primary N) is 1. The molecule has 0 aromatic carbocycles. The van der Waals surface area contributed by atoms with E-state index in [2.05, 4.69) is 10.5 Å². The Labute approximate surface area is 111 Å². The van der Waals surface area contributed by atoms with E-state index in [0.29, 0.717) is 25.9 Å². The van der Waals surface area contributed by atoms with Crippen molar-refractivity contribution in [2.24, 2.45) is 5.73 Å². The monoisotopic (exact) mass is 281 g/mol. The first kappa shape index (κ1) is 16.2. The number of nitrogens with zero attached hydrogens (tertiary/aromatic N) is 1. The molecule has 0 spiro atoms. The summed E-state index contributed by atoms with van der Waals surface area (Å²) in [5, 5.41) is 6.76. The van der Waals surface area contributed by atoms with Crippen molar-refractivity contribution < 1.29 is 9.32 Å². The topological polar surface area (TPSA) is 81.2 Å². The van der Waals surface area contributed by atoms with Crippen LogP contribution in [-0.2, 0) is 11.2 Å². The molecule has 17 heavy (non-hydrogen) atoms. The molecule has 0 aliphatic heterocycles. The highest BCUT2D eigenvalue weighted by Gasteiger charge is 2.12. The van der Waals surface area contributed by atoms with Crippen molar-refractivity contribution in [3.05, 3.63) is 16.5 Å². The van der Waals surface area contributed by atoms with Gasteiger partial charge in [-0.3, -0.25) is 4.79 Å². The maximum absolute atomic E-state index is 11.4. The zero-order valence-corrected chi connectivity index (χ0v) is 11.2. The number of amides is 1. The van der Waals surface area contributed by atoms with Crippen LogP contribution in [0.3, 0.4) is 0 Å². The summed E-state index contributed by atoms with van der Waals surface area (Å²) in [7, 11) is 0. The third-order valence-corrected chi connectivity index (χ3v) is 2.54. The van der Waals surface area contributed by atoms with Crippen LogP contribution in [0.5, 0.6) is 0 Å². The van der Waals surface area contributed by atoms with Crippen LogP contribution in [-0.4, -0.2) is 24.2 Å². The number of aryl methyl sites for hydroxylation is 1. The smallest absolute Gasteiger partial charge is 0.229 e. The van der Waals surface area contributed by atoms with E-state index in [1.165, 1.54) is 0 Å². The van der Waals surface area contributed by atoms with Gasteiger partial charge < -0.3 is 15.6 Å². The normalized spacial score (nSPS) is 9.82. The fraction of sp³-hybridized carbons (Fsp3) is 0.600. The molecule has 1 aromatic heterocycles. The predicted octanol–water partition coefficient (Wildman–Crippen LogP) is 1.46. The lowest BCUT2D eigenvalue weighted by atomic mass is 10.1. The van der Waals surface area contributed by atoms with E-state index < -0.39 is 0 Å². The van der Waals surface area contributed by atoms with E-state index in [9.17, 15) is 4.79 Å². The SMILES string of the molecule is Cc1noc(Cl)c1CCC(=O)NCCCN.Cl. The molecular formula is C10H17Cl2N3O2. The quantitative estimate of drug-likeness (QED) is 0.774. The Bertz CT molecular complexity index is 336. The Morgan fingerprint density at radius 2 is 2.29 bits per heavy atom. The molecule has 7 heteroatoms. The van der Waals surface area contributed by atoms with Crippen molar-refractivity contribution in [2.75, 3.05) is 13.1 Å². The number of aromatic nitrogens is 1. The molecule has 3 N–H and O–H groups in total. The van der Waals surface area contributed by atoms with Gasteiger partial charge in [-0.05, 0) is 37.9 Å². The Morgan fingerprint density at radius 3 is 2.82 bits per heavy atom. The molecule has 0 fully saturated rings. The third kappa shape index (κ3) is 5.39. The first-order valence-electron chi connectivity index (χ1n) is 5.22. The fourth-order valence-corrected chi connectivity index (χ4v) is 1.56. The van der Waals surface area contributed by atoms with Gasteiger partial charge in [0.25, 0.3) is 0 Å². The van der Waals surface area contributed by atoms with Gasteiger partial charge in [0.05, 0.1) is 5.69 Å². The van der Waals surface area contributed by atoms with Crippen molar-refractivity contribution in [1.82, 2.24) is 10.5 Å². The van der Waals surface area contributed by atoms with Gasteiger partial charge in [0.15, 0.2) is 0 Å². The maximum atomic E-state index is 11.4. The minimum Gasteiger partial charge on any atom is -0.356 e. The molecule has 0 bridgehead atoms. The Balaban J connectivity index is 0.00000256. The molecule has 0 saturated carbocycles. The van der Waals surface area contributed by atoms with Crippen molar-refractivity contribution in [3.63, 3.8) is 0 Å². The van der Waals surface area contributed by atoms with Gasteiger partial charge in [0, 0.05) is 18.5 Å². The number of carbonyl (C=O) groups is 1. The summed E-state index contributed by atoms with van der Waals surface area (Å²) < 4.78 is 4.79. The Hall–Kier alpha value is -0.780. The second-order valence-electron chi connectivity index (χ2n) is 3.51. The summed E-state index contributed by atoms with van der Waals surface area (Å²) >= 11 is 5.78. The summed E-state index contributed by atoms with van der Waals surface area (Å²) in [6, 6.07) is 0. The number of carbonyl (C=O) groups excluding carboxylic acids is 1. The highest BCUT2D eigenvalue weighted by molar-refractivity contribution is 6.29. The van der Waals surface area contributed by atoms with Crippen molar-refractivity contribution >= 4 is 29.9 Å². The van der Waals surface area contributed by atoms with Crippen LogP contribution in [0.25, 0.3) is 0 Å². The molecule has 0 saturated heterocycles. The highest BCUT2D eigenvalue weighted by atomic mass is 35.5. The van der Waals surface area contributed by atoms with Crippen LogP contribution in [0, 0.1) is 6.92 Å². The molecule has 1 heterocycles. The van der Waals surface area contributed by atoms with Crippen LogP contribution < -0.4 is 11.1 Å². The van der Waals surface area contributed by atoms with Gasteiger partial charge >= 0.3 is 0 Å². The summed E-state index contributed by atoms with van der Waals surface area (Å²) in [6.45, 7) is 3.00. The van der Waals surface area contributed by atoms with Crippen LogP contribution in [0.4, 0.5) is 0 Å². The molecule has 0 aliphatic rings.